The Bertz CT molecular complexity index is 1310. The molecule has 0 saturated heterocycles. The normalized spacial score (nSPS) is 11.9. The van der Waals surface area contributed by atoms with Gasteiger partial charge in [-0.15, -0.1) is 13.2 Å². The Kier molecular flexibility index (Phi) is 7.66. The number of alkyl halides is 3. The van der Waals surface area contributed by atoms with E-state index in [9.17, 15) is 30.8 Å². The molecule has 0 saturated carbocycles. The number of hydrogen-bond acceptors (Lipinski definition) is 5. The summed E-state index contributed by atoms with van der Waals surface area (Å²) in [5.74, 6) is -2.30. The van der Waals surface area contributed by atoms with E-state index < -0.39 is 40.5 Å². The van der Waals surface area contributed by atoms with Crippen LogP contribution in [-0.4, -0.2) is 43.8 Å². The van der Waals surface area contributed by atoms with Gasteiger partial charge in [-0.1, -0.05) is 18.2 Å². The zero-order chi connectivity index (χ0) is 25.8. The molecule has 0 atom stereocenters. The average molecular weight is 513 g/mol. The Morgan fingerprint density at radius 1 is 1.03 bits per heavy atom. The van der Waals surface area contributed by atoms with Crippen LogP contribution >= 0.6 is 0 Å². The smallest absolute Gasteiger partial charge is 0.481 e. The Hall–Kier alpha value is -3.64. The second-order valence-electron chi connectivity index (χ2n) is 7.30. The van der Waals surface area contributed by atoms with Crippen molar-refractivity contribution in [3.63, 3.8) is 0 Å². The number of nitrogens with zero attached hydrogens (tertiary/aromatic N) is 1. The van der Waals surface area contributed by atoms with Gasteiger partial charge in [0.2, 0.25) is 10.0 Å². The first-order valence-corrected chi connectivity index (χ1v) is 11.3. The first-order chi connectivity index (χ1) is 16.3. The van der Waals surface area contributed by atoms with Gasteiger partial charge >= 0.3 is 12.3 Å². The van der Waals surface area contributed by atoms with Crippen LogP contribution in [0.15, 0.2) is 71.6 Å². The highest BCUT2D eigenvalue weighted by Gasteiger charge is 2.31. The van der Waals surface area contributed by atoms with Crippen LogP contribution in [0.4, 0.5) is 17.6 Å². The van der Waals surface area contributed by atoms with Gasteiger partial charge in [-0.2, -0.15) is 4.31 Å². The molecule has 7 nitrogen and oxygen atoms in total. The molecule has 0 amide bonds. The van der Waals surface area contributed by atoms with Crippen molar-refractivity contribution in [3.05, 3.63) is 78.1 Å². The molecule has 0 aromatic heterocycles. The topological polar surface area (TPSA) is 93.1 Å². The van der Waals surface area contributed by atoms with Crippen molar-refractivity contribution in [2.45, 2.75) is 17.8 Å². The van der Waals surface area contributed by atoms with E-state index in [2.05, 4.69) is 4.74 Å². The molecule has 12 heteroatoms. The van der Waals surface area contributed by atoms with Gasteiger partial charge in [-0.3, -0.25) is 0 Å². The molecule has 0 aliphatic carbocycles. The molecule has 0 unspecified atom stereocenters. The van der Waals surface area contributed by atoms with Crippen LogP contribution in [0.1, 0.15) is 5.56 Å². The highest BCUT2D eigenvalue weighted by atomic mass is 32.2. The Morgan fingerprint density at radius 2 is 1.71 bits per heavy atom. The molecule has 0 radical (unpaired) electrons. The molecular weight excluding hydrogens is 494 g/mol. The van der Waals surface area contributed by atoms with E-state index in [1.54, 1.807) is 0 Å². The largest absolute Gasteiger partial charge is 0.573 e. The number of carboxylic acid groups (broad SMARTS) is 1. The van der Waals surface area contributed by atoms with Gasteiger partial charge in [-0.25, -0.2) is 17.6 Å². The van der Waals surface area contributed by atoms with Crippen LogP contribution in [0, 0.1) is 5.82 Å². The quantitative estimate of drug-likeness (QED) is 0.418. The maximum Gasteiger partial charge on any atom is 0.573 e. The molecule has 35 heavy (non-hydrogen) atoms. The van der Waals surface area contributed by atoms with Crippen LogP contribution in [0.5, 0.6) is 11.5 Å². The van der Waals surface area contributed by atoms with Crippen LogP contribution in [0.25, 0.3) is 11.1 Å². The third-order valence-corrected chi connectivity index (χ3v) is 6.52. The third-order valence-electron chi connectivity index (χ3n) is 4.70. The van der Waals surface area contributed by atoms with Crippen molar-refractivity contribution in [3.8, 4) is 22.6 Å². The van der Waals surface area contributed by atoms with Crippen molar-refractivity contribution in [2.24, 2.45) is 0 Å². The number of benzene rings is 3. The monoisotopic (exact) mass is 513 g/mol. The molecular formula is C23H19F4NO6S. The summed E-state index contributed by atoms with van der Waals surface area (Å²) < 4.78 is 87.0. The second-order valence-corrected chi connectivity index (χ2v) is 9.35. The van der Waals surface area contributed by atoms with Crippen LogP contribution < -0.4 is 9.47 Å². The fourth-order valence-electron chi connectivity index (χ4n) is 3.16. The van der Waals surface area contributed by atoms with E-state index >= 15 is 0 Å². The fraction of sp³-hybridized carbons (Fsp3) is 0.174. The lowest BCUT2D eigenvalue weighted by Crippen LogP contribution is -2.26. The van der Waals surface area contributed by atoms with Crippen LogP contribution in [-0.2, 0) is 21.4 Å². The molecule has 0 aliphatic heterocycles. The molecule has 0 spiro atoms. The number of carbonyl (C=O) groups is 1. The highest BCUT2D eigenvalue weighted by molar-refractivity contribution is 7.89. The lowest BCUT2D eigenvalue weighted by Gasteiger charge is -2.19. The summed E-state index contributed by atoms with van der Waals surface area (Å²) in [6, 6.07) is 13.6. The second kappa shape index (κ2) is 10.3. The lowest BCUT2D eigenvalue weighted by atomic mass is 10.0. The summed E-state index contributed by atoms with van der Waals surface area (Å²) in [7, 11) is -2.67. The zero-order valence-corrected chi connectivity index (χ0v) is 18.9. The predicted molar refractivity (Wildman–Crippen MR) is 117 cm³/mol. The maximum atomic E-state index is 13.2. The first-order valence-electron chi connectivity index (χ1n) is 9.91. The lowest BCUT2D eigenvalue weighted by molar-refractivity contribution is -0.274. The minimum Gasteiger partial charge on any atom is -0.481 e. The Labute approximate surface area is 198 Å². The van der Waals surface area contributed by atoms with Crippen molar-refractivity contribution in [1.29, 1.82) is 0 Å². The number of rotatable bonds is 9. The van der Waals surface area contributed by atoms with E-state index in [0.29, 0.717) is 5.56 Å². The molecule has 3 rings (SSSR count). The van der Waals surface area contributed by atoms with Crippen molar-refractivity contribution >= 4 is 16.0 Å². The van der Waals surface area contributed by atoms with Gasteiger partial charge < -0.3 is 14.6 Å². The molecule has 3 aromatic rings. The van der Waals surface area contributed by atoms with Gasteiger partial charge in [-0.05, 0) is 59.7 Å². The van der Waals surface area contributed by atoms with E-state index in [1.807, 2.05) is 0 Å². The first kappa shape index (κ1) is 26.0. The van der Waals surface area contributed by atoms with E-state index in [4.69, 9.17) is 9.84 Å². The van der Waals surface area contributed by atoms with Crippen molar-refractivity contribution in [1.82, 2.24) is 4.31 Å². The molecule has 3 aromatic carbocycles. The number of sulfonamides is 1. The molecule has 0 bridgehead atoms. The van der Waals surface area contributed by atoms with Crippen LogP contribution in [0.2, 0.25) is 0 Å². The van der Waals surface area contributed by atoms with Gasteiger partial charge in [0, 0.05) is 19.2 Å². The van der Waals surface area contributed by atoms with Crippen molar-refractivity contribution in [2.75, 3.05) is 13.7 Å². The number of carboxylic acids is 1. The summed E-state index contributed by atoms with van der Waals surface area (Å²) in [6.45, 7) is -0.853. The summed E-state index contributed by atoms with van der Waals surface area (Å²) in [6.07, 6.45) is -4.92. The summed E-state index contributed by atoms with van der Waals surface area (Å²) in [5.41, 5.74) is 0.875. The molecule has 0 heterocycles. The molecule has 1 N–H and O–H groups in total. The third kappa shape index (κ3) is 6.93. The van der Waals surface area contributed by atoms with Gasteiger partial charge in [0.15, 0.2) is 6.61 Å². The fourth-order valence-corrected chi connectivity index (χ4v) is 4.31. The van der Waals surface area contributed by atoms with E-state index in [0.717, 1.165) is 40.7 Å². The number of hydrogen-bond donors (Lipinski definition) is 1. The van der Waals surface area contributed by atoms with Crippen molar-refractivity contribution < 1.29 is 45.4 Å². The minimum atomic E-state index is -4.92. The van der Waals surface area contributed by atoms with Gasteiger partial charge in [0.1, 0.15) is 17.3 Å². The minimum absolute atomic E-state index is 0.0596. The maximum absolute atomic E-state index is 13.2. The summed E-state index contributed by atoms with van der Waals surface area (Å²) in [5, 5.41) is 8.93. The Morgan fingerprint density at radius 3 is 2.34 bits per heavy atom. The van der Waals surface area contributed by atoms with E-state index in [1.165, 1.54) is 37.4 Å². The standard InChI is InChI=1S/C23H19F4NO6S/c1-28(35(31,32)19-8-6-17(24)7-9-19)13-15-5-10-21(33-14-22(29)30)20(11-15)16-3-2-4-18(12-16)34-23(25,26)27/h2-12H,13-14H2,1H3,(H,29,30). The van der Waals surface area contributed by atoms with Gasteiger partial charge in [0.25, 0.3) is 0 Å². The SMILES string of the molecule is CN(Cc1ccc(OCC(=O)O)c(-c2cccc(OC(F)(F)F)c2)c1)S(=O)(=O)c1ccc(F)cc1. The number of ether oxygens (including phenoxy) is 2. The predicted octanol–water partition coefficient (Wildman–Crippen LogP) is 4.68. The Balaban J connectivity index is 1.96. The average Bonchev–Trinajstić information content (AvgIpc) is 2.77. The summed E-state index contributed by atoms with van der Waals surface area (Å²) >= 11 is 0. The molecule has 0 fully saturated rings. The number of aliphatic carboxylic acids is 1. The highest BCUT2D eigenvalue weighted by Crippen LogP contribution is 2.35. The molecule has 186 valence electrons. The summed E-state index contributed by atoms with van der Waals surface area (Å²) in [4.78, 5) is 10.8. The van der Waals surface area contributed by atoms with Crippen LogP contribution in [0.3, 0.4) is 0 Å². The molecule has 0 aliphatic rings. The number of halogens is 4. The van der Waals surface area contributed by atoms with E-state index in [-0.39, 0.29) is 28.3 Å². The zero-order valence-electron chi connectivity index (χ0n) is 18.1. The van der Waals surface area contributed by atoms with Gasteiger partial charge in [0.05, 0.1) is 4.90 Å².